The molecule has 5 atom stereocenters. The number of H-pyrrole nitrogens is 1. The van der Waals surface area contributed by atoms with Gasteiger partial charge in [0.2, 0.25) is 0 Å². The van der Waals surface area contributed by atoms with Crippen molar-refractivity contribution in [3.05, 3.63) is 32.6 Å². The topological polar surface area (TPSA) is 119 Å². The molecular weight excluding hydrogens is 435 g/mol. The lowest BCUT2D eigenvalue weighted by molar-refractivity contribution is -0.214. The van der Waals surface area contributed by atoms with Crippen molar-refractivity contribution in [2.24, 2.45) is 0 Å². The van der Waals surface area contributed by atoms with E-state index < -0.39 is 31.6 Å². The Bertz CT molecular complexity index is 949. The first-order valence-electron chi connectivity index (χ1n) is 11.0. The lowest BCUT2D eigenvalue weighted by Crippen LogP contribution is -2.47. The number of aryl methyl sites for hydroxylation is 1. The number of nitrogens with one attached hydrogen (secondary N) is 1. The van der Waals surface area contributed by atoms with E-state index in [-0.39, 0.29) is 43.9 Å². The van der Waals surface area contributed by atoms with Crippen LogP contribution in [0.3, 0.4) is 0 Å². The first-order valence-corrected chi connectivity index (χ1v) is 12.1. The van der Waals surface area contributed by atoms with E-state index in [1.807, 2.05) is 6.92 Å². The molecule has 1 aromatic rings. The summed E-state index contributed by atoms with van der Waals surface area (Å²) < 4.78 is 28.3. The largest absolute Gasteiger partial charge is 0.367 e. The molecule has 10 nitrogen and oxygen atoms in total. The standard InChI is InChI=1S/C21H33N4O6P/c1-13(2)25(14(3)4)32(28-9-7-8-22)29-12-21-10-17(30-16(21)6)19(31-21)24-11-15(5)18(26)23-20(24)27/h11,13-14,16-17,19H,7,9-10,12H2,1-6H3,(H,23,26,27)/t16-,17-,19+,21-,32?/m0/s1. The van der Waals surface area contributed by atoms with Gasteiger partial charge >= 0.3 is 5.69 Å². The minimum absolute atomic E-state index is 0.186. The molecule has 3 heterocycles. The summed E-state index contributed by atoms with van der Waals surface area (Å²) in [5.41, 5.74) is -1.26. The van der Waals surface area contributed by atoms with Crippen LogP contribution in [0.15, 0.2) is 15.8 Å². The highest BCUT2D eigenvalue weighted by Crippen LogP contribution is 2.52. The molecule has 0 spiro atoms. The lowest BCUT2D eigenvalue weighted by Gasteiger charge is -2.39. The van der Waals surface area contributed by atoms with Crippen LogP contribution in [0.1, 0.15) is 59.3 Å². The Morgan fingerprint density at radius 2 is 2.03 bits per heavy atom. The number of hydrogen-bond acceptors (Lipinski definition) is 8. The highest BCUT2D eigenvalue weighted by Gasteiger charge is 2.59. The number of fused-ring (bicyclic) bond motifs is 2. The normalized spacial score (nSPS) is 28.1. The van der Waals surface area contributed by atoms with Crippen LogP contribution in [-0.2, 0) is 18.5 Å². The molecule has 3 rings (SSSR count). The summed E-state index contributed by atoms with van der Waals surface area (Å²) in [5, 5.41) is 8.89. The van der Waals surface area contributed by atoms with Gasteiger partial charge < -0.3 is 18.5 Å². The van der Waals surface area contributed by atoms with Crippen molar-refractivity contribution >= 4 is 8.53 Å². The second-order valence-corrected chi connectivity index (χ2v) is 10.3. The highest BCUT2D eigenvalue weighted by atomic mass is 31.2. The fourth-order valence-electron chi connectivity index (χ4n) is 4.27. The van der Waals surface area contributed by atoms with Crippen molar-refractivity contribution in [3.8, 4) is 6.07 Å². The molecule has 1 unspecified atom stereocenters. The molecule has 11 heteroatoms. The molecule has 1 N–H and O–H groups in total. The molecule has 0 saturated carbocycles. The average Bonchev–Trinajstić information content (AvgIpc) is 3.22. The van der Waals surface area contributed by atoms with Crippen LogP contribution < -0.4 is 11.2 Å². The summed E-state index contributed by atoms with van der Waals surface area (Å²) in [7, 11) is -1.42. The monoisotopic (exact) mass is 468 g/mol. The van der Waals surface area contributed by atoms with E-state index in [1.165, 1.54) is 10.8 Å². The fraction of sp³-hybridized carbons (Fsp3) is 0.762. The van der Waals surface area contributed by atoms with Gasteiger partial charge in [-0.25, -0.2) is 9.46 Å². The van der Waals surface area contributed by atoms with Crippen LogP contribution in [0.4, 0.5) is 0 Å². The van der Waals surface area contributed by atoms with Gasteiger partial charge in [0.25, 0.3) is 14.1 Å². The average molecular weight is 468 g/mol. The first-order chi connectivity index (χ1) is 15.1. The van der Waals surface area contributed by atoms with Crippen molar-refractivity contribution in [3.63, 3.8) is 0 Å². The molecule has 0 radical (unpaired) electrons. The maximum absolute atomic E-state index is 12.4. The molecule has 1 aromatic heterocycles. The van der Waals surface area contributed by atoms with Crippen molar-refractivity contribution < 1.29 is 18.5 Å². The molecule has 178 valence electrons. The Morgan fingerprint density at radius 1 is 1.34 bits per heavy atom. The van der Waals surface area contributed by atoms with E-state index in [2.05, 4.69) is 43.4 Å². The number of aromatic nitrogens is 2. The number of aromatic amines is 1. The number of hydrogen-bond donors (Lipinski definition) is 1. The first kappa shape index (κ1) is 25.0. The maximum Gasteiger partial charge on any atom is 0.330 e. The molecular formula is C21H33N4O6P. The Kier molecular flexibility index (Phi) is 7.92. The van der Waals surface area contributed by atoms with E-state index >= 15 is 0 Å². The number of ether oxygens (including phenoxy) is 2. The third-order valence-corrected chi connectivity index (χ3v) is 7.90. The second kappa shape index (κ2) is 10.1. The van der Waals surface area contributed by atoms with Crippen molar-refractivity contribution in [2.45, 2.75) is 90.5 Å². The summed E-state index contributed by atoms with van der Waals surface area (Å²) in [4.78, 5) is 26.4. The van der Waals surface area contributed by atoms with Crippen LogP contribution >= 0.6 is 8.53 Å². The van der Waals surface area contributed by atoms with Crippen molar-refractivity contribution in [1.29, 1.82) is 5.26 Å². The summed E-state index contributed by atoms with van der Waals surface area (Å²) >= 11 is 0. The minimum atomic E-state index is -1.42. The van der Waals surface area contributed by atoms with Gasteiger partial charge in [0.05, 0.1) is 31.8 Å². The molecule has 2 saturated heterocycles. The van der Waals surface area contributed by atoms with Gasteiger partial charge in [-0.15, -0.1) is 0 Å². The van der Waals surface area contributed by atoms with Crippen molar-refractivity contribution in [1.82, 2.24) is 14.2 Å². The van der Waals surface area contributed by atoms with Crippen LogP contribution in [0, 0.1) is 18.3 Å². The fourth-order valence-corrected chi connectivity index (χ4v) is 5.94. The van der Waals surface area contributed by atoms with Gasteiger partial charge in [0.15, 0.2) is 6.23 Å². The molecule has 2 fully saturated rings. The zero-order valence-corrected chi connectivity index (χ0v) is 20.4. The third-order valence-electron chi connectivity index (χ3n) is 5.84. The van der Waals surface area contributed by atoms with E-state index in [0.29, 0.717) is 12.0 Å². The van der Waals surface area contributed by atoms with Gasteiger partial charge in [0, 0.05) is 30.3 Å². The smallest absolute Gasteiger partial charge is 0.330 e. The van der Waals surface area contributed by atoms with Crippen LogP contribution in [0.2, 0.25) is 0 Å². The summed E-state index contributed by atoms with van der Waals surface area (Å²) in [6, 6.07) is 2.47. The second-order valence-electron chi connectivity index (χ2n) is 8.89. The Morgan fingerprint density at radius 3 is 2.66 bits per heavy atom. The van der Waals surface area contributed by atoms with E-state index in [0.717, 1.165) is 0 Å². The van der Waals surface area contributed by atoms with Crippen LogP contribution in [0.5, 0.6) is 0 Å². The molecule has 0 aromatic carbocycles. The summed E-state index contributed by atoms with van der Waals surface area (Å²) in [5.74, 6) is 0. The Hall–Kier alpha value is -1.60. The van der Waals surface area contributed by atoms with Gasteiger partial charge in [-0.2, -0.15) is 5.26 Å². The quantitative estimate of drug-likeness (QED) is 0.411. The molecule has 32 heavy (non-hydrogen) atoms. The number of rotatable bonds is 10. The Labute approximate surface area is 189 Å². The van der Waals surface area contributed by atoms with Gasteiger partial charge in [-0.1, -0.05) is 0 Å². The predicted molar refractivity (Wildman–Crippen MR) is 119 cm³/mol. The molecule has 2 aliphatic rings. The van der Waals surface area contributed by atoms with E-state index in [1.54, 1.807) is 6.92 Å². The zero-order valence-electron chi connectivity index (χ0n) is 19.5. The summed E-state index contributed by atoms with van der Waals surface area (Å²) in [6.07, 6.45) is 1.15. The Balaban J connectivity index is 1.79. The van der Waals surface area contributed by atoms with Crippen LogP contribution in [-0.4, -0.2) is 57.3 Å². The number of nitrogens with zero attached hydrogens (tertiary/aromatic N) is 3. The zero-order chi connectivity index (χ0) is 23.6. The van der Waals surface area contributed by atoms with E-state index in [4.69, 9.17) is 23.8 Å². The van der Waals surface area contributed by atoms with Crippen LogP contribution in [0.25, 0.3) is 0 Å². The number of nitriles is 1. The molecule has 0 amide bonds. The molecule has 2 aliphatic heterocycles. The molecule has 2 bridgehead atoms. The van der Waals surface area contributed by atoms with Crippen molar-refractivity contribution in [2.75, 3.05) is 13.2 Å². The predicted octanol–water partition coefficient (Wildman–Crippen LogP) is 2.58. The SMILES string of the molecule is Cc1cn([C@@H]2O[C@]3(COP(OCCC#N)N(C(C)C)C(C)C)C[C@@H]2O[C@H]3C)c(=O)[nH]c1=O. The third kappa shape index (κ3) is 4.98. The van der Waals surface area contributed by atoms with Gasteiger partial charge in [-0.3, -0.25) is 14.3 Å². The lowest BCUT2D eigenvalue weighted by atomic mass is 9.98. The minimum Gasteiger partial charge on any atom is -0.367 e. The molecule has 0 aliphatic carbocycles. The summed E-state index contributed by atoms with van der Waals surface area (Å²) in [6.45, 7) is 12.4. The van der Waals surface area contributed by atoms with Gasteiger partial charge in [-0.05, 0) is 41.5 Å². The highest BCUT2D eigenvalue weighted by molar-refractivity contribution is 7.44. The maximum atomic E-state index is 12.4. The van der Waals surface area contributed by atoms with Gasteiger partial charge in [0.1, 0.15) is 11.7 Å². The van der Waals surface area contributed by atoms with E-state index in [9.17, 15) is 9.59 Å².